The van der Waals surface area contributed by atoms with E-state index < -0.39 is 5.60 Å². The molecule has 2 aromatic heterocycles. The Labute approximate surface area is 194 Å². The Bertz CT molecular complexity index is 1270. The third kappa shape index (κ3) is 3.15. The molecule has 3 heterocycles. The van der Waals surface area contributed by atoms with Crippen molar-refractivity contribution in [3.63, 3.8) is 0 Å². The van der Waals surface area contributed by atoms with Crippen LogP contribution in [0.25, 0.3) is 16.7 Å². The van der Waals surface area contributed by atoms with Gasteiger partial charge in [-0.15, -0.1) is 0 Å². The van der Waals surface area contributed by atoms with Gasteiger partial charge in [0.1, 0.15) is 12.1 Å². The zero-order valence-corrected chi connectivity index (χ0v) is 19.5. The first-order chi connectivity index (χ1) is 15.7. The molecule has 7 nitrogen and oxygen atoms in total. The minimum Gasteiger partial charge on any atom is -0.390 e. The van der Waals surface area contributed by atoms with Gasteiger partial charge in [-0.05, 0) is 69.9 Å². The number of rotatable bonds is 4. The van der Waals surface area contributed by atoms with E-state index in [0.717, 1.165) is 48.1 Å². The Kier molecular flexibility index (Phi) is 4.23. The largest absolute Gasteiger partial charge is 0.390 e. The lowest BCUT2D eigenvalue weighted by atomic mass is 9.57. The van der Waals surface area contributed by atoms with Crippen molar-refractivity contribution in [3.8, 4) is 11.9 Å². The van der Waals surface area contributed by atoms with Gasteiger partial charge in [-0.1, -0.05) is 12.1 Å². The van der Waals surface area contributed by atoms with Crippen LogP contribution in [0.4, 0.5) is 5.82 Å². The zero-order chi connectivity index (χ0) is 23.0. The lowest BCUT2D eigenvalue weighted by molar-refractivity contribution is 0.0156. The summed E-state index contributed by atoms with van der Waals surface area (Å²) in [5.41, 5.74) is 1.41. The Balaban J connectivity index is 1.35. The van der Waals surface area contributed by atoms with Crippen LogP contribution >= 0.6 is 0 Å². The fourth-order valence-corrected chi connectivity index (χ4v) is 6.42. The number of benzene rings is 1. The van der Waals surface area contributed by atoms with Crippen LogP contribution in [0.15, 0.2) is 36.8 Å². The molecule has 3 fully saturated rings. The fourth-order valence-electron chi connectivity index (χ4n) is 6.42. The van der Waals surface area contributed by atoms with Crippen LogP contribution < -0.4 is 4.90 Å². The maximum Gasteiger partial charge on any atom is 0.159 e. The van der Waals surface area contributed by atoms with Gasteiger partial charge in [0, 0.05) is 30.0 Å². The van der Waals surface area contributed by atoms with Crippen LogP contribution in [-0.4, -0.2) is 43.0 Å². The summed E-state index contributed by atoms with van der Waals surface area (Å²) < 4.78 is 1.86. The first-order valence-electron chi connectivity index (χ1n) is 11.9. The summed E-state index contributed by atoms with van der Waals surface area (Å²) in [5, 5.41) is 26.2. The van der Waals surface area contributed by atoms with Crippen LogP contribution in [0.5, 0.6) is 0 Å². The maximum atomic E-state index is 10.6. The van der Waals surface area contributed by atoms with E-state index in [0.29, 0.717) is 11.2 Å². The number of aliphatic hydroxyl groups is 1. The summed E-state index contributed by atoms with van der Waals surface area (Å²) in [6.45, 7) is 6.78. The van der Waals surface area contributed by atoms with Gasteiger partial charge in [-0.25, -0.2) is 14.6 Å². The van der Waals surface area contributed by atoms with E-state index in [1.807, 2.05) is 30.8 Å². The molecule has 1 aromatic carbocycles. The SMILES string of the molecule is CC1C(C(C)(C)O)CCN1c1cc(-n2ncc3ccc(C4(C#N)CC5(CC5)C4)cc32)ncn1. The number of hydrogen-bond acceptors (Lipinski definition) is 6. The molecule has 6 rings (SSSR count). The van der Waals surface area contributed by atoms with Gasteiger partial charge in [-0.2, -0.15) is 10.4 Å². The molecule has 170 valence electrons. The monoisotopic (exact) mass is 442 g/mol. The highest BCUT2D eigenvalue weighted by Crippen LogP contribution is 2.68. The number of nitriles is 1. The molecule has 7 heteroatoms. The van der Waals surface area contributed by atoms with Crippen molar-refractivity contribution in [2.45, 2.75) is 69.9 Å². The van der Waals surface area contributed by atoms with Crippen LogP contribution in [0.1, 0.15) is 58.4 Å². The third-order valence-electron chi connectivity index (χ3n) is 8.46. The summed E-state index contributed by atoms with van der Waals surface area (Å²) in [7, 11) is 0. The molecule has 2 saturated carbocycles. The highest BCUT2D eigenvalue weighted by molar-refractivity contribution is 5.81. The summed E-state index contributed by atoms with van der Waals surface area (Å²) in [4.78, 5) is 11.3. The number of nitrogens with zero attached hydrogens (tertiary/aromatic N) is 6. The van der Waals surface area contributed by atoms with Crippen molar-refractivity contribution in [1.29, 1.82) is 5.26 Å². The predicted molar refractivity (Wildman–Crippen MR) is 126 cm³/mol. The molecule has 1 spiro atoms. The van der Waals surface area contributed by atoms with Gasteiger partial charge < -0.3 is 10.0 Å². The molecule has 0 amide bonds. The van der Waals surface area contributed by atoms with E-state index in [4.69, 9.17) is 0 Å². The molecule has 1 N–H and O–H groups in total. The molecule has 3 aromatic rings. The average molecular weight is 443 g/mol. The van der Waals surface area contributed by atoms with E-state index in [1.54, 1.807) is 6.33 Å². The number of aromatic nitrogens is 4. The smallest absolute Gasteiger partial charge is 0.159 e. The van der Waals surface area contributed by atoms with E-state index in [9.17, 15) is 10.4 Å². The third-order valence-corrected chi connectivity index (χ3v) is 8.46. The molecule has 2 aliphatic carbocycles. The number of hydrogen-bond donors (Lipinski definition) is 1. The molecule has 1 saturated heterocycles. The van der Waals surface area contributed by atoms with Crippen molar-refractivity contribution in [3.05, 3.63) is 42.4 Å². The van der Waals surface area contributed by atoms with Crippen molar-refractivity contribution in [2.75, 3.05) is 11.4 Å². The Morgan fingerprint density at radius 1 is 1.15 bits per heavy atom. The number of anilines is 1. The van der Waals surface area contributed by atoms with Gasteiger partial charge in [0.2, 0.25) is 0 Å². The first-order valence-corrected chi connectivity index (χ1v) is 11.9. The average Bonchev–Trinajstić information content (AvgIpc) is 3.27. The second-order valence-corrected chi connectivity index (χ2v) is 11.1. The van der Waals surface area contributed by atoms with E-state index in [-0.39, 0.29) is 17.4 Å². The lowest BCUT2D eigenvalue weighted by Crippen LogP contribution is -2.41. The quantitative estimate of drug-likeness (QED) is 0.653. The molecule has 1 aliphatic heterocycles. The number of fused-ring (bicyclic) bond motifs is 1. The van der Waals surface area contributed by atoms with Crippen molar-refractivity contribution < 1.29 is 5.11 Å². The van der Waals surface area contributed by atoms with Crippen molar-refractivity contribution in [1.82, 2.24) is 19.7 Å². The van der Waals surface area contributed by atoms with E-state index in [2.05, 4.69) is 51.2 Å². The summed E-state index contributed by atoms with van der Waals surface area (Å²) >= 11 is 0. The lowest BCUT2D eigenvalue weighted by Gasteiger charge is -2.44. The summed E-state index contributed by atoms with van der Waals surface area (Å²) in [6.07, 6.45) is 8.85. The Morgan fingerprint density at radius 2 is 1.91 bits per heavy atom. The standard InChI is InChI=1S/C26H30N6O/c1-17-20(24(2,3)33)6-9-31(17)22-11-23(29-16-28-22)32-21-10-19(5-4-18(21)12-30-32)26(15-27)13-25(14-26)7-8-25/h4-5,10-12,16-17,20,33H,6-9,13-14H2,1-3H3. The maximum absolute atomic E-state index is 10.6. The highest BCUT2D eigenvalue weighted by atomic mass is 16.3. The van der Waals surface area contributed by atoms with E-state index in [1.165, 1.54) is 12.8 Å². The van der Waals surface area contributed by atoms with Gasteiger partial charge >= 0.3 is 0 Å². The molecule has 3 aliphatic rings. The minimum atomic E-state index is -0.726. The predicted octanol–water partition coefficient (Wildman–Crippen LogP) is 4.14. The molecule has 0 bridgehead atoms. The van der Waals surface area contributed by atoms with Gasteiger partial charge in [0.15, 0.2) is 5.82 Å². The van der Waals surface area contributed by atoms with E-state index >= 15 is 0 Å². The van der Waals surface area contributed by atoms with Crippen LogP contribution in [0.2, 0.25) is 0 Å². The Morgan fingerprint density at radius 3 is 2.58 bits per heavy atom. The van der Waals surface area contributed by atoms with Crippen LogP contribution in [0, 0.1) is 22.7 Å². The fraction of sp³-hybridized carbons (Fsp3) is 0.538. The summed E-state index contributed by atoms with van der Waals surface area (Å²) in [5.74, 6) is 1.75. The normalized spacial score (nSPS) is 25.2. The van der Waals surface area contributed by atoms with Gasteiger partial charge in [0.25, 0.3) is 0 Å². The Hall–Kier alpha value is -2.98. The van der Waals surface area contributed by atoms with Crippen molar-refractivity contribution in [2.24, 2.45) is 11.3 Å². The second kappa shape index (κ2) is 6.77. The first kappa shape index (κ1) is 20.6. The molecular formula is C26H30N6O. The molecule has 0 radical (unpaired) electrons. The highest BCUT2D eigenvalue weighted by Gasteiger charge is 2.62. The molecule has 33 heavy (non-hydrogen) atoms. The van der Waals surface area contributed by atoms with Crippen LogP contribution in [0.3, 0.4) is 0 Å². The topological polar surface area (TPSA) is 90.9 Å². The second-order valence-electron chi connectivity index (χ2n) is 11.1. The van der Waals surface area contributed by atoms with Crippen LogP contribution in [-0.2, 0) is 5.41 Å². The summed E-state index contributed by atoms with van der Waals surface area (Å²) in [6, 6.07) is 11.1. The molecule has 2 unspecified atom stereocenters. The minimum absolute atomic E-state index is 0.178. The molecular weight excluding hydrogens is 412 g/mol. The van der Waals surface area contributed by atoms with Gasteiger partial charge in [0.05, 0.1) is 28.8 Å². The van der Waals surface area contributed by atoms with Gasteiger partial charge in [-0.3, -0.25) is 0 Å². The molecule has 2 atom stereocenters. The van der Waals surface area contributed by atoms with Crippen molar-refractivity contribution >= 4 is 16.7 Å². The zero-order valence-electron chi connectivity index (χ0n) is 19.5.